The first-order chi connectivity index (χ1) is 8.15. The molecule has 0 saturated heterocycles. The number of nitrogens with one attached hydrogen (secondary N) is 1. The average Bonchev–Trinajstić information content (AvgIpc) is 2.77. The molecule has 94 valence electrons. The van der Waals surface area contributed by atoms with Crippen molar-refractivity contribution in [1.82, 2.24) is 10.5 Å². The summed E-state index contributed by atoms with van der Waals surface area (Å²) in [5.74, 6) is 0.365. The number of hydrogen-bond donors (Lipinski definition) is 2. The van der Waals surface area contributed by atoms with Crippen LogP contribution in [0, 0.1) is 5.92 Å². The number of carboxylic acid groups (broad SMARTS) is 1. The van der Waals surface area contributed by atoms with E-state index >= 15 is 0 Å². The molecule has 2 N–H and O–H groups in total. The zero-order valence-electron chi connectivity index (χ0n) is 9.98. The van der Waals surface area contributed by atoms with Crippen LogP contribution in [-0.4, -0.2) is 22.3 Å². The van der Waals surface area contributed by atoms with E-state index in [-0.39, 0.29) is 5.69 Å². The van der Waals surface area contributed by atoms with E-state index in [2.05, 4.69) is 17.4 Å². The monoisotopic (exact) mass is 238 g/mol. The average molecular weight is 238 g/mol. The highest BCUT2D eigenvalue weighted by Gasteiger charge is 2.18. The van der Waals surface area contributed by atoms with Crippen molar-refractivity contribution >= 4 is 5.97 Å². The fourth-order valence-electron chi connectivity index (χ4n) is 2.21. The van der Waals surface area contributed by atoms with Gasteiger partial charge in [-0.2, -0.15) is 0 Å². The van der Waals surface area contributed by atoms with Gasteiger partial charge in [-0.25, -0.2) is 4.79 Å². The molecule has 0 aliphatic heterocycles. The summed E-state index contributed by atoms with van der Waals surface area (Å²) in [6.07, 6.45) is 4.88. The molecule has 0 spiro atoms. The van der Waals surface area contributed by atoms with E-state index in [9.17, 15) is 4.79 Å². The fourth-order valence-corrected chi connectivity index (χ4v) is 2.21. The molecule has 1 heterocycles. The molecule has 1 aliphatic rings. The van der Waals surface area contributed by atoms with Crippen LogP contribution in [0.3, 0.4) is 0 Å². The van der Waals surface area contributed by atoms with Crippen LogP contribution >= 0.6 is 0 Å². The van der Waals surface area contributed by atoms with Crippen LogP contribution in [0.1, 0.15) is 48.9 Å². The van der Waals surface area contributed by atoms with Gasteiger partial charge in [0.2, 0.25) is 0 Å². The van der Waals surface area contributed by atoms with Crippen molar-refractivity contribution in [3.8, 4) is 0 Å². The molecule has 0 amide bonds. The highest BCUT2D eigenvalue weighted by molar-refractivity contribution is 5.85. The lowest BCUT2D eigenvalue weighted by atomic mass is 9.87. The highest BCUT2D eigenvalue weighted by atomic mass is 16.5. The van der Waals surface area contributed by atoms with E-state index in [1.54, 1.807) is 0 Å². The van der Waals surface area contributed by atoms with Crippen LogP contribution in [0.2, 0.25) is 0 Å². The van der Waals surface area contributed by atoms with E-state index in [1.165, 1.54) is 31.7 Å². The normalized spacial score (nSPS) is 24.8. The molecule has 0 atom stereocenters. The van der Waals surface area contributed by atoms with Gasteiger partial charge in [0.25, 0.3) is 0 Å². The number of aromatic nitrogens is 1. The van der Waals surface area contributed by atoms with Gasteiger partial charge in [-0.15, -0.1) is 0 Å². The van der Waals surface area contributed by atoms with Gasteiger partial charge in [0, 0.05) is 12.1 Å². The summed E-state index contributed by atoms with van der Waals surface area (Å²) in [5.41, 5.74) is -0.0286. The number of hydrogen-bond acceptors (Lipinski definition) is 4. The van der Waals surface area contributed by atoms with Gasteiger partial charge in [-0.1, -0.05) is 12.1 Å². The molecule has 0 aromatic carbocycles. The van der Waals surface area contributed by atoms with Crippen molar-refractivity contribution in [2.45, 2.75) is 45.2 Å². The summed E-state index contributed by atoms with van der Waals surface area (Å²) in [7, 11) is 0. The van der Waals surface area contributed by atoms with Crippen molar-refractivity contribution < 1.29 is 14.4 Å². The quantitative estimate of drug-likeness (QED) is 0.839. The van der Waals surface area contributed by atoms with E-state index in [0.29, 0.717) is 18.3 Å². The minimum absolute atomic E-state index is 0.0286. The fraction of sp³-hybridized carbons (Fsp3) is 0.667. The van der Waals surface area contributed by atoms with Gasteiger partial charge in [0.1, 0.15) is 0 Å². The van der Waals surface area contributed by atoms with E-state index in [0.717, 1.165) is 5.92 Å². The van der Waals surface area contributed by atoms with Gasteiger partial charge in [0.05, 0.1) is 6.54 Å². The molecule has 1 aromatic rings. The molecule has 5 heteroatoms. The molecule has 2 rings (SSSR count). The number of nitrogens with zero attached hydrogens (tertiary/aromatic N) is 1. The molecule has 0 radical (unpaired) electrons. The second kappa shape index (κ2) is 5.31. The minimum Gasteiger partial charge on any atom is -0.476 e. The highest BCUT2D eigenvalue weighted by Crippen LogP contribution is 2.23. The van der Waals surface area contributed by atoms with Gasteiger partial charge < -0.3 is 14.9 Å². The van der Waals surface area contributed by atoms with E-state index in [4.69, 9.17) is 9.63 Å². The summed E-state index contributed by atoms with van der Waals surface area (Å²) >= 11 is 0. The lowest BCUT2D eigenvalue weighted by Crippen LogP contribution is -2.32. The van der Waals surface area contributed by atoms with Crippen LogP contribution in [-0.2, 0) is 6.54 Å². The lowest BCUT2D eigenvalue weighted by Gasteiger charge is -2.26. The van der Waals surface area contributed by atoms with Crippen LogP contribution in [0.15, 0.2) is 10.6 Å². The third-order valence-corrected chi connectivity index (χ3v) is 3.36. The predicted octanol–water partition coefficient (Wildman–Crippen LogP) is 2.04. The molecule has 0 unspecified atom stereocenters. The molecule has 1 aliphatic carbocycles. The number of rotatable bonds is 4. The van der Waals surface area contributed by atoms with Crippen LogP contribution in [0.4, 0.5) is 0 Å². The largest absolute Gasteiger partial charge is 0.476 e. The molecule has 1 aromatic heterocycles. The Morgan fingerprint density at radius 1 is 1.53 bits per heavy atom. The topological polar surface area (TPSA) is 75.4 Å². The number of carboxylic acids is 1. The smallest absolute Gasteiger partial charge is 0.358 e. The molecule has 1 fully saturated rings. The maximum atomic E-state index is 10.6. The Hall–Kier alpha value is -1.36. The Balaban J connectivity index is 1.79. The Kier molecular flexibility index (Phi) is 3.78. The van der Waals surface area contributed by atoms with Crippen molar-refractivity contribution in [3.05, 3.63) is 17.5 Å². The maximum absolute atomic E-state index is 10.6. The van der Waals surface area contributed by atoms with Gasteiger partial charge in [-0.3, -0.25) is 0 Å². The molecule has 5 nitrogen and oxygen atoms in total. The molecular formula is C12H18N2O3. The zero-order valence-corrected chi connectivity index (χ0v) is 9.98. The Morgan fingerprint density at radius 3 is 2.82 bits per heavy atom. The van der Waals surface area contributed by atoms with E-state index < -0.39 is 5.97 Å². The second-order valence-corrected chi connectivity index (χ2v) is 4.82. The maximum Gasteiger partial charge on any atom is 0.358 e. The van der Waals surface area contributed by atoms with Gasteiger partial charge in [-0.05, 0) is 31.6 Å². The molecule has 0 bridgehead atoms. The Labute approximate surface area is 100 Å². The third-order valence-electron chi connectivity index (χ3n) is 3.36. The van der Waals surface area contributed by atoms with Crippen LogP contribution in [0.5, 0.6) is 0 Å². The van der Waals surface area contributed by atoms with Crippen molar-refractivity contribution in [1.29, 1.82) is 0 Å². The van der Waals surface area contributed by atoms with Crippen LogP contribution in [0.25, 0.3) is 0 Å². The van der Waals surface area contributed by atoms with Gasteiger partial charge >= 0.3 is 5.97 Å². The molecule has 1 saturated carbocycles. The molecular weight excluding hydrogens is 220 g/mol. The summed E-state index contributed by atoms with van der Waals surface area (Å²) < 4.78 is 4.94. The minimum atomic E-state index is -1.05. The number of carbonyl (C=O) groups is 1. The zero-order chi connectivity index (χ0) is 12.3. The summed E-state index contributed by atoms with van der Waals surface area (Å²) in [4.78, 5) is 10.6. The lowest BCUT2D eigenvalue weighted by molar-refractivity contribution is 0.0685. The summed E-state index contributed by atoms with van der Waals surface area (Å²) in [5, 5.41) is 15.6. The second-order valence-electron chi connectivity index (χ2n) is 4.82. The third kappa shape index (κ3) is 3.30. The first kappa shape index (κ1) is 12.1. The first-order valence-corrected chi connectivity index (χ1v) is 6.07. The van der Waals surface area contributed by atoms with Crippen molar-refractivity contribution in [2.75, 3.05) is 0 Å². The van der Waals surface area contributed by atoms with Crippen LogP contribution < -0.4 is 5.32 Å². The SMILES string of the molecule is CC1CCC(NCc2cc(C(=O)O)no2)CC1. The van der Waals surface area contributed by atoms with Crippen molar-refractivity contribution in [2.24, 2.45) is 5.92 Å². The Bertz CT molecular complexity index is 381. The standard InChI is InChI=1S/C12H18N2O3/c1-8-2-4-9(5-3-8)13-7-10-6-11(12(15)16)14-17-10/h6,8-9,13H,2-5,7H2,1H3,(H,15,16). The molecule has 17 heavy (non-hydrogen) atoms. The van der Waals surface area contributed by atoms with Crippen molar-refractivity contribution in [3.63, 3.8) is 0 Å². The summed E-state index contributed by atoms with van der Waals surface area (Å²) in [6, 6.07) is 1.99. The first-order valence-electron chi connectivity index (χ1n) is 6.07. The van der Waals surface area contributed by atoms with E-state index in [1.807, 2.05) is 0 Å². The van der Waals surface area contributed by atoms with Gasteiger partial charge in [0.15, 0.2) is 11.5 Å². The Morgan fingerprint density at radius 2 is 2.24 bits per heavy atom. The number of aromatic carboxylic acids is 1. The summed E-state index contributed by atoms with van der Waals surface area (Å²) in [6.45, 7) is 2.84. The predicted molar refractivity (Wildman–Crippen MR) is 61.7 cm³/mol.